The lowest BCUT2D eigenvalue weighted by Gasteiger charge is -2.57. The Balaban J connectivity index is 1.81. The molecule has 0 nitrogen and oxygen atoms in total. The van der Waals surface area contributed by atoms with Crippen LogP contribution in [0.25, 0.3) is 0 Å². The second kappa shape index (κ2) is 3.18. The molecule has 0 saturated heterocycles. The van der Waals surface area contributed by atoms with Gasteiger partial charge >= 0.3 is 4.83 Å². The monoisotopic (exact) mass is 278 g/mol. The molecule has 4 aliphatic rings. The summed E-state index contributed by atoms with van der Waals surface area (Å²) < 4.78 is 26.3. The standard InChI is InChI=1S/C12H17BrF2/c13-12(14,15)7-11-4-8-1-9(5-11)3-10(2-8)6-11/h8-10H,1-7H2. The summed E-state index contributed by atoms with van der Waals surface area (Å²) in [4.78, 5) is -2.64. The Labute approximate surface area is 97.9 Å². The summed E-state index contributed by atoms with van der Waals surface area (Å²) in [6, 6.07) is 0. The molecular formula is C12H17BrF2. The van der Waals surface area contributed by atoms with Gasteiger partial charge in [-0.3, -0.25) is 0 Å². The lowest BCUT2D eigenvalue weighted by molar-refractivity contribution is -0.0875. The first kappa shape index (κ1) is 10.5. The van der Waals surface area contributed by atoms with Gasteiger partial charge in [0, 0.05) is 6.42 Å². The molecular weight excluding hydrogens is 262 g/mol. The summed E-state index contributed by atoms with van der Waals surface area (Å²) in [5, 5.41) is 0. The van der Waals surface area contributed by atoms with Gasteiger partial charge in [-0.25, -0.2) is 0 Å². The Hall–Kier alpha value is 0.340. The third-order valence-electron chi connectivity index (χ3n) is 4.74. The lowest BCUT2D eigenvalue weighted by atomic mass is 9.49. The average molecular weight is 279 g/mol. The molecule has 0 heterocycles. The van der Waals surface area contributed by atoms with Crippen molar-refractivity contribution < 1.29 is 8.78 Å². The largest absolute Gasteiger partial charge is 0.302 e. The highest BCUT2D eigenvalue weighted by atomic mass is 79.9. The second-order valence-corrected chi connectivity index (χ2v) is 7.37. The Morgan fingerprint density at radius 1 is 1.00 bits per heavy atom. The fourth-order valence-electron chi connectivity index (χ4n) is 4.93. The van der Waals surface area contributed by atoms with Crippen LogP contribution in [0.5, 0.6) is 0 Å². The van der Waals surface area contributed by atoms with Gasteiger partial charge in [-0.15, -0.1) is 0 Å². The molecule has 0 amide bonds. The molecule has 86 valence electrons. The molecule has 3 heteroatoms. The summed E-state index contributed by atoms with van der Waals surface area (Å²) in [6.45, 7) is 0. The maximum atomic E-state index is 13.1. The molecule has 0 aromatic heterocycles. The maximum Gasteiger partial charge on any atom is 0.302 e. The van der Waals surface area contributed by atoms with Crippen molar-refractivity contribution >= 4 is 15.9 Å². The number of alkyl halides is 3. The molecule has 4 rings (SSSR count). The van der Waals surface area contributed by atoms with Crippen LogP contribution in [0.2, 0.25) is 0 Å². The fraction of sp³-hybridized carbons (Fsp3) is 1.00. The molecule has 4 fully saturated rings. The third-order valence-corrected chi connectivity index (χ3v) is 5.02. The third kappa shape index (κ3) is 1.96. The minimum atomic E-state index is -2.64. The maximum absolute atomic E-state index is 13.1. The van der Waals surface area contributed by atoms with Gasteiger partial charge in [0.2, 0.25) is 0 Å². The van der Waals surface area contributed by atoms with Crippen LogP contribution >= 0.6 is 15.9 Å². The van der Waals surface area contributed by atoms with Gasteiger partial charge in [-0.2, -0.15) is 8.78 Å². The van der Waals surface area contributed by atoms with Crippen LogP contribution in [-0.4, -0.2) is 4.83 Å². The minimum Gasteiger partial charge on any atom is -0.194 e. The van der Waals surface area contributed by atoms with Crippen molar-refractivity contribution in [1.29, 1.82) is 0 Å². The Bertz CT molecular complexity index is 234. The fourth-order valence-corrected chi connectivity index (χ4v) is 5.53. The van der Waals surface area contributed by atoms with Gasteiger partial charge in [0.05, 0.1) is 0 Å². The first-order valence-electron chi connectivity index (χ1n) is 6.01. The van der Waals surface area contributed by atoms with Crippen molar-refractivity contribution in [2.75, 3.05) is 0 Å². The zero-order valence-electron chi connectivity index (χ0n) is 8.82. The zero-order valence-corrected chi connectivity index (χ0v) is 10.4. The smallest absolute Gasteiger partial charge is 0.194 e. The molecule has 0 aromatic carbocycles. The SMILES string of the molecule is FC(F)(Br)CC12CC3CC(CC(C3)C1)C2. The van der Waals surface area contributed by atoms with E-state index in [-0.39, 0.29) is 11.8 Å². The molecule has 0 radical (unpaired) electrons. The number of halogens is 3. The molecule has 4 aliphatic carbocycles. The first-order chi connectivity index (χ1) is 6.94. The zero-order chi connectivity index (χ0) is 10.7. The molecule has 0 unspecified atom stereocenters. The van der Waals surface area contributed by atoms with Crippen LogP contribution in [0.15, 0.2) is 0 Å². The Morgan fingerprint density at radius 2 is 1.40 bits per heavy atom. The summed E-state index contributed by atoms with van der Waals surface area (Å²) in [7, 11) is 0. The Kier molecular flexibility index (Phi) is 2.22. The van der Waals surface area contributed by atoms with Gasteiger partial charge in [0.25, 0.3) is 0 Å². The number of hydrogen-bond donors (Lipinski definition) is 0. The quantitative estimate of drug-likeness (QED) is 0.649. The molecule has 0 aliphatic heterocycles. The lowest BCUT2D eigenvalue weighted by Crippen LogP contribution is -2.47. The van der Waals surface area contributed by atoms with E-state index in [0.717, 1.165) is 37.0 Å². The molecule has 0 aromatic rings. The summed E-state index contributed by atoms with van der Waals surface area (Å²) in [5.74, 6) is 2.31. The normalized spacial score (nSPS) is 48.6. The van der Waals surface area contributed by atoms with Crippen molar-refractivity contribution in [3.63, 3.8) is 0 Å². The summed E-state index contributed by atoms with van der Waals surface area (Å²) >= 11 is 2.54. The van der Waals surface area contributed by atoms with E-state index in [2.05, 4.69) is 15.9 Å². The predicted octanol–water partition coefficient (Wildman–Crippen LogP) is 4.58. The van der Waals surface area contributed by atoms with E-state index in [1.165, 1.54) is 19.3 Å². The van der Waals surface area contributed by atoms with Crippen LogP contribution in [0.4, 0.5) is 8.78 Å². The summed E-state index contributed by atoms with van der Waals surface area (Å²) in [5.41, 5.74) is -0.0122. The van der Waals surface area contributed by atoms with E-state index in [1.54, 1.807) is 0 Å². The predicted molar refractivity (Wildman–Crippen MR) is 59.1 cm³/mol. The van der Waals surface area contributed by atoms with Crippen LogP contribution in [0.1, 0.15) is 44.9 Å². The van der Waals surface area contributed by atoms with Crippen LogP contribution in [-0.2, 0) is 0 Å². The molecule has 0 atom stereocenters. The van der Waals surface area contributed by atoms with Crippen LogP contribution < -0.4 is 0 Å². The Morgan fingerprint density at radius 3 is 1.73 bits per heavy atom. The average Bonchev–Trinajstić information content (AvgIpc) is 1.94. The topological polar surface area (TPSA) is 0 Å². The molecule has 0 spiro atoms. The van der Waals surface area contributed by atoms with Gasteiger partial charge in [0.1, 0.15) is 0 Å². The highest BCUT2D eigenvalue weighted by Gasteiger charge is 2.53. The van der Waals surface area contributed by atoms with Gasteiger partial charge in [0.15, 0.2) is 0 Å². The van der Waals surface area contributed by atoms with Crippen LogP contribution in [0.3, 0.4) is 0 Å². The minimum absolute atomic E-state index is 0.0122. The highest BCUT2D eigenvalue weighted by molar-refractivity contribution is 9.09. The molecule has 4 bridgehead atoms. The van der Waals surface area contributed by atoms with Gasteiger partial charge in [-0.1, -0.05) is 0 Å². The van der Waals surface area contributed by atoms with Crippen molar-refractivity contribution in [1.82, 2.24) is 0 Å². The van der Waals surface area contributed by atoms with Crippen molar-refractivity contribution in [2.24, 2.45) is 23.2 Å². The van der Waals surface area contributed by atoms with Crippen molar-refractivity contribution in [2.45, 2.75) is 49.8 Å². The van der Waals surface area contributed by atoms with Gasteiger partial charge < -0.3 is 0 Å². The summed E-state index contributed by atoms with van der Waals surface area (Å²) in [6.07, 6.45) is 7.26. The molecule has 4 saturated carbocycles. The van der Waals surface area contributed by atoms with Crippen molar-refractivity contribution in [3.8, 4) is 0 Å². The van der Waals surface area contributed by atoms with E-state index in [4.69, 9.17) is 0 Å². The molecule has 15 heavy (non-hydrogen) atoms. The van der Waals surface area contributed by atoms with Crippen LogP contribution in [0, 0.1) is 23.2 Å². The van der Waals surface area contributed by atoms with Gasteiger partial charge in [-0.05, 0) is 77.6 Å². The first-order valence-corrected chi connectivity index (χ1v) is 6.80. The van der Waals surface area contributed by atoms with E-state index in [9.17, 15) is 8.78 Å². The van der Waals surface area contributed by atoms with E-state index < -0.39 is 4.83 Å². The highest BCUT2D eigenvalue weighted by Crippen LogP contribution is 2.63. The van der Waals surface area contributed by atoms with E-state index in [1.807, 2.05) is 0 Å². The van der Waals surface area contributed by atoms with Crippen molar-refractivity contribution in [3.05, 3.63) is 0 Å². The number of hydrogen-bond acceptors (Lipinski definition) is 0. The van der Waals surface area contributed by atoms with E-state index >= 15 is 0 Å². The molecule has 0 N–H and O–H groups in total. The van der Waals surface area contributed by atoms with E-state index in [0.29, 0.717) is 0 Å². The second-order valence-electron chi connectivity index (χ2n) is 6.21. The number of rotatable bonds is 2.